The zero-order chi connectivity index (χ0) is 20.4. The molecule has 150 valence electrons. The molecule has 0 spiro atoms. The van der Waals surface area contributed by atoms with E-state index in [1.807, 2.05) is 38.1 Å². The van der Waals surface area contributed by atoms with E-state index in [1.165, 1.54) is 29.8 Å². The molecule has 0 saturated heterocycles. The molecule has 0 fully saturated rings. The summed E-state index contributed by atoms with van der Waals surface area (Å²) in [6, 6.07) is 13.8. The number of nitrogens with one attached hydrogen (secondary N) is 2. The van der Waals surface area contributed by atoms with Crippen molar-refractivity contribution < 1.29 is 14.8 Å². The largest absolute Gasteiger partial charge is 0.491 e. The first kappa shape index (κ1) is 21.2. The molecule has 0 aliphatic rings. The predicted octanol–water partition coefficient (Wildman–Crippen LogP) is 2.40. The fraction of sp³-hybridized carbons (Fsp3) is 0.350. The smallest absolute Gasteiger partial charge is 0.269 e. The Balaban J connectivity index is 1.82. The summed E-state index contributed by atoms with van der Waals surface area (Å²) >= 11 is 0. The Morgan fingerprint density at radius 3 is 2.57 bits per heavy atom. The molecular formula is C20H26N4O4. The van der Waals surface area contributed by atoms with Crippen molar-refractivity contribution in [2.45, 2.75) is 26.5 Å². The average molecular weight is 386 g/mol. The van der Waals surface area contributed by atoms with Crippen LogP contribution >= 0.6 is 0 Å². The zero-order valence-electron chi connectivity index (χ0n) is 16.1. The van der Waals surface area contributed by atoms with Gasteiger partial charge in [0, 0.05) is 25.2 Å². The highest BCUT2D eigenvalue weighted by atomic mass is 16.6. The average Bonchev–Trinajstić information content (AvgIpc) is 2.69. The van der Waals surface area contributed by atoms with E-state index in [1.54, 1.807) is 0 Å². The van der Waals surface area contributed by atoms with E-state index in [9.17, 15) is 15.2 Å². The van der Waals surface area contributed by atoms with Crippen LogP contribution < -0.4 is 15.4 Å². The van der Waals surface area contributed by atoms with Crippen molar-refractivity contribution in [3.05, 3.63) is 69.8 Å². The summed E-state index contributed by atoms with van der Waals surface area (Å²) in [7, 11) is 0. The molecule has 0 heterocycles. The van der Waals surface area contributed by atoms with E-state index in [0.717, 1.165) is 5.56 Å². The highest BCUT2D eigenvalue weighted by Gasteiger charge is 2.09. The maximum absolute atomic E-state index is 10.6. The number of nitro benzene ring substituents is 1. The van der Waals surface area contributed by atoms with Crippen molar-refractivity contribution in [3.8, 4) is 5.75 Å². The lowest BCUT2D eigenvalue weighted by Crippen LogP contribution is -2.42. The monoisotopic (exact) mass is 386 g/mol. The van der Waals surface area contributed by atoms with Crippen LogP contribution in [0.15, 0.2) is 53.5 Å². The van der Waals surface area contributed by atoms with E-state index >= 15 is 0 Å². The van der Waals surface area contributed by atoms with Gasteiger partial charge >= 0.3 is 0 Å². The second kappa shape index (κ2) is 10.9. The Hall–Kier alpha value is -3.13. The molecule has 2 aromatic rings. The summed E-state index contributed by atoms with van der Waals surface area (Å²) < 4.78 is 5.47. The van der Waals surface area contributed by atoms with E-state index < -0.39 is 11.0 Å². The van der Waals surface area contributed by atoms with Crippen LogP contribution in [0.25, 0.3) is 0 Å². The number of ether oxygens (including phenoxy) is 1. The third-order valence-electron chi connectivity index (χ3n) is 4.01. The van der Waals surface area contributed by atoms with Gasteiger partial charge in [0.2, 0.25) is 0 Å². The van der Waals surface area contributed by atoms with E-state index in [2.05, 4.69) is 15.6 Å². The quantitative estimate of drug-likeness (QED) is 0.264. The molecule has 8 nitrogen and oxygen atoms in total. The number of aliphatic hydroxyl groups is 1. The number of benzene rings is 2. The van der Waals surface area contributed by atoms with Crippen LogP contribution in [0.2, 0.25) is 0 Å². The Morgan fingerprint density at radius 1 is 1.21 bits per heavy atom. The lowest BCUT2D eigenvalue weighted by atomic mass is 10.1. The first-order valence-corrected chi connectivity index (χ1v) is 9.11. The van der Waals surface area contributed by atoms with E-state index in [-0.39, 0.29) is 18.8 Å². The van der Waals surface area contributed by atoms with Crippen molar-refractivity contribution in [2.75, 3.05) is 19.7 Å². The maximum Gasteiger partial charge on any atom is 0.269 e. The maximum atomic E-state index is 10.6. The number of aryl methyl sites for hydroxylation is 1. The normalized spacial score (nSPS) is 12.3. The van der Waals surface area contributed by atoms with Gasteiger partial charge in [-0.05, 0) is 37.1 Å². The first-order valence-electron chi connectivity index (χ1n) is 9.11. The van der Waals surface area contributed by atoms with Gasteiger partial charge in [-0.25, -0.2) is 4.99 Å². The number of hydrogen-bond acceptors (Lipinski definition) is 5. The van der Waals surface area contributed by atoms with Gasteiger partial charge in [-0.1, -0.05) is 24.3 Å². The van der Waals surface area contributed by atoms with Gasteiger partial charge in [0.15, 0.2) is 5.96 Å². The van der Waals surface area contributed by atoms with Crippen molar-refractivity contribution >= 4 is 11.6 Å². The third-order valence-corrected chi connectivity index (χ3v) is 4.01. The molecule has 28 heavy (non-hydrogen) atoms. The van der Waals surface area contributed by atoms with Gasteiger partial charge in [0.1, 0.15) is 18.5 Å². The number of aliphatic imine (C=N–C) groups is 1. The minimum atomic E-state index is -0.766. The molecule has 0 aromatic heterocycles. The lowest BCUT2D eigenvalue weighted by molar-refractivity contribution is -0.384. The van der Waals surface area contributed by atoms with Crippen LogP contribution in [0, 0.1) is 17.0 Å². The number of aliphatic hydroxyl groups excluding tert-OH is 1. The lowest BCUT2D eigenvalue weighted by Gasteiger charge is -2.16. The Morgan fingerprint density at radius 2 is 1.93 bits per heavy atom. The number of hydrogen-bond donors (Lipinski definition) is 3. The minimum absolute atomic E-state index is 0.00490. The van der Waals surface area contributed by atoms with Crippen molar-refractivity contribution in [1.82, 2.24) is 10.6 Å². The highest BCUT2D eigenvalue weighted by molar-refractivity contribution is 5.79. The Bertz CT molecular complexity index is 793. The van der Waals surface area contributed by atoms with Crippen LogP contribution in [0.3, 0.4) is 0 Å². The second-order valence-corrected chi connectivity index (χ2v) is 6.22. The van der Waals surface area contributed by atoms with E-state index in [0.29, 0.717) is 24.8 Å². The molecule has 1 unspecified atom stereocenters. The Kier molecular flexibility index (Phi) is 8.23. The fourth-order valence-corrected chi connectivity index (χ4v) is 2.42. The summed E-state index contributed by atoms with van der Waals surface area (Å²) in [5.41, 5.74) is 2.31. The van der Waals surface area contributed by atoms with Gasteiger partial charge in [0.05, 0.1) is 11.5 Å². The first-order chi connectivity index (χ1) is 13.5. The Labute approximate surface area is 164 Å². The number of rotatable bonds is 9. The molecule has 0 aliphatic carbocycles. The van der Waals surface area contributed by atoms with Gasteiger partial charge < -0.3 is 20.5 Å². The topological polar surface area (TPSA) is 109 Å². The van der Waals surface area contributed by atoms with E-state index in [4.69, 9.17) is 4.74 Å². The molecular weight excluding hydrogens is 360 g/mol. The summed E-state index contributed by atoms with van der Waals surface area (Å²) in [5, 5.41) is 27.0. The van der Waals surface area contributed by atoms with Crippen molar-refractivity contribution in [3.63, 3.8) is 0 Å². The highest BCUT2D eigenvalue weighted by Crippen LogP contribution is 2.17. The molecule has 0 saturated carbocycles. The molecule has 3 N–H and O–H groups in total. The summed E-state index contributed by atoms with van der Waals surface area (Å²) in [4.78, 5) is 14.7. The second-order valence-electron chi connectivity index (χ2n) is 6.22. The number of nitrogens with zero attached hydrogens (tertiary/aromatic N) is 2. The molecule has 0 radical (unpaired) electrons. The fourth-order valence-electron chi connectivity index (χ4n) is 2.42. The van der Waals surface area contributed by atoms with Gasteiger partial charge in [-0.3, -0.25) is 10.1 Å². The van der Waals surface area contributed by atoms with Crippen LogP contribution in [0.4, 0.5) is 5.69 Å². The molecule has 2 aromatic carbocycles. The SMILES string of the molecule is CCNC(=NCc1ccccc1C)NCC(O)COc1ccc([N+](=O)[O-])cc1. The number of guanidine groups is 1. The zero-order valence-corrected chi connectivity index (χ0v) is 16.1. The summed E-state index contributed by atoms with van der Waals surface area (Å²) in [5.74, 6) is 1.07. The molecule has 1 atom stereocenters. The van der Waals surface area contributed by atoms with Crippen LogP contribution in [0.5, 0.6) is 5.75 Å². The summed E-state index contributed by atoms with van der Waals surface area (Å²) in [6.45, 7) is 5.57. The van der Waals surface area contributed by atoms with Crippen molar-refractivity contribution in [1.29, 1.82) is 0 Å². The van der Waals surface area contributed by atoms with Crippen LogP contribution in [-0.4, -0.2) is 41.8 Å². The minimum Gasteiger partial charge on any atom is -0.491 e. The molecule has 0 aliphatic heterocycles. The number of non-ortho nitro benzene ring substituents is 1. The predicted molar refractivity (Wildman–Crippen MR) is 109 cm³/mol. The van der Waals surface area contributed by atoms with Crippen LogP contribution in [0.1, 0.15) is 18.1 Å². The number of nitro groups is 1. The van der Waals surface area contributed by atoms with Crippen molar-refractivity contribution in [2.24, 2.45) is 4.99 Å². The summed E-state index contributed by atoms with van der Waals surface area (Å²) in [6.07, 6.45) is -0.766. The third kappa shape index (κ3) is 6.88. The molecule has 2 rings (SSSR count). The molecule has 0 amide bonds. The van der Waals surface area contributed by atoms with Gasteiger partial charge in [0.25, 0.3) is 5.69 Å². The van der Waals surface area contributed by atoms with Gasteiger partial charge in [-0.15, -0.1) is 0 Å². The van der Waals surface area contributed by atoms with Gasteiger partial charge in [-0.2, -0.15) is 0 Å². The van der Waals surface area contributed by atoms with Crippen LogP contribution in [-0.2, 0) is 6.54 Å². The molecule has 8 heteroatoms. The standard InChI is InChI=1S/C20H26N4O4/c1-3-21-20(22-12-16-7-5-4-6-15(16)2)23-13-18(25)14-28-19-10-8-17(9-11-19)24(26)27/h4-11,18,25H,3,12-14H2,1-2H3,(H2,21,22,23). The molecule has 0 bridgehead atoms.